The van der Waals surface area contributed by atoms with Crippen LogP contribution in [-0.4, -0.2) is 27.9 Å². The zero-order valence-electron chi connectivity index (χ0n) is 15.0. The monoisotopic (exact) mass is 346 g/mol. The van der Waals surface area contributed by atoms with Crippen molar-refractivity contribution in [3.8, 4) is 0 Å². The molecule has 1 N–H and O–H groups in total. The number of benzene rings is 1. The molecule has 24 heavy (non-hydrogen) atoms. The van der Waals surface area contributed by atoms with E-state index in [1.807, 2.05) is 44.2 Å². The number of rotatable bonds is 6. The first-order valence-electron chi connectivity index (χ1n) is 8.26. The van der Waals surface area contributed by atoms with Crippen LogP contribution in [0.15, 0.2) is 30.3 Å². The number of nitrogens with zero attached hydrogens (tertiary/aromatic N) is 2. The molecule has 5 heteroatoms. The van der Waals surface area contributed by atoms with Crippen LogP contribution in [0.1, 0.15) is 54.4 Å². The molecule has 0 aliphatic heterocycles. The van der Waals surface area contributed by atoms with Gasteiger partial charge < -0.3 is 10.0 Å². The maximum atomic E-state index is 12.7. The number of hydrogen-bond donors (Lipinski definition) is 1. The van der Waals surface area contributed by atoms with Gasteiger partial charge in [-0.2, -0.15) is 0 Å². The normalized spacial score (nSPS) is 14.9. The second-order valence-corrected chi connectivity index (χ2v) is 7.52. The van der Waals surface area contributed by atoms with Crippen molar-refractivity contribution in [2.45, 2.75) is 52.2 Å². The van der Waals surface area contributed by atoms with Crippen LogP contribution >= 0.6 is 11.3 Å². The first-order valence-corrected chi connectivity index (χ1v) is 9.07. The molecule has 1 heterocycles. The Labute approximate surface area is 148 Å². The zero-order valence-corrected chi connectivity index (χ0v) is 15.9. The van der Waals surface area contributed by atoms with Crippen molar-refractivity contribution in [1.29, 1.82) is 0 Å². The fraction of sp³-hybridized carbons (Fsp3) is 0.474. The zero-order chi connectivity index (χ0) is 17.9. The third-order valence-electron chi connectivity index (χ3n) is 4.42. The highest BCUT2D eigenvalue weighted by atomic mass is 32.1. The van der Waals surface area contributed by atoms with Crippen LogP contribution in [0.4, 0.5) is 0 Å². The van der Waals surface area contributed by atoms with Gasteiger partial charge in [0.05, 0.1) is 28.8 Å². The van der Waals surface area contributed by atoms with Crippen molar-refractivity contribution >= 4 is 17.2 Å². The molecule has 2 rings (SSSR count). The molecule has 0 fully saturated rings. The van der Waals surface area contributed by atoms with Gasteiger partial charge >= 0.3 is 0 Å². The van der Waals surface area contributed by atoms with Crippen molar-refractivity contribution in [2.24, 2.45) is 0 Å². The minimum atomic E-state index is -1.18. The van der Waals surface area contributed by atoms with Gasteiger partial charge in [0.2, 0.25) is 5.91 Å². The van der Waals surface area contributed by atoms with Crippen molar-refractivity contribution < 1.29 is 9.90 Å². The Morgan fingerprint density at radius 2 is 2.00 bits per heavy atom. The van der Waals surface area contributed by atoms with Crippen LogP contribution in [-0.2, 0) is 16.8 Å². The number of aromatic nitrogens is 1. The number of aryl methyl sites for hydroxylation is 2. The van der Waals surface area contributed by atoms with Gasteiger partial charge in [-0.05, 0) is 32.8 Å². The lowest BCUT2D eigenvalue weighted by Crippen LogP contribution is -2.35. The Morgan fingerprint density at radius 1 is 1.38 bits per heavy atom. The molecular weight excluding hydrogens is 320 g/mol. The number of carbonyl (C=O) groups excluding carboxylic acids is 1. The van der Waals surface area contributed by atoms with E-state index in [1.165, 1.54) is 0 Å². The summed E-state index contributed by atoms with van der Waals surface area (Å²) in [6, 6.07) is 9.27. The van der Waals surface area contributed by atoms with E-state index in [4.69, 9.17) is 0 Å². The Bertz CT molecular complexity index is 695. The van der Waals surface area contributed by atoms with Gasteiger partial charge in [0.15, 0.2) is 0 Å². The topological polar surface area (TPSA) is 53.4 Å². The van der Waals surface area contributed by atoms with E-state index in [0.717, 1.165) is 27.6 Å². The Balaban J connectivity index is 2.12. The number of thiazole rings is 1. The molecule has 2 atom stereocenters. The third-order valence-corrected chi connectivity index (χ3v) is 5.90. The van der Waals surface area contributed by atoms with E-state index in [-0.39, 0.29) is 18.4 Å². The van der Waals surface area contributed by atoms with E-state index in [1.54, 1.807) is 30.2 Å². The maximum Gasteiger partial charge on any atom is 0.226 e. The van der Waals surface area contributed by atoms with Crippen LogP contribution in [0.5, 0.6) is 0 Å². The third kappa shape index (κ3) is 4.02. The van der Waals surface area contributed by atoms with E-state index >= 15 is 0 Å². The summed E-state index contributed by atoms with van der Waals surface area (Å²) in [5.41, 5.74) is 0.560. The molecule has 1 amide bonds. The van der Waals surface area contributed by atoms with E-state index in [2.05, 4.69) is 11.9 Å². The summed E-state index contributed by atoms with van der Waals surface area (Å²) < 4.78 is 0. The molecule has 0 radical (unpaired) electrons. The molecule has 0 saturated heterocycles. The molecule has 1 aromatic heterocycles. The average Bonchev–Trinajstić information content (AvgIpc) is 2.95. The highest BCUT2D eigenvalue weighted by molar-refractivity contribution is 7.11. The molecule has 2 unspecified atom stereocenters. The molecule has 4 nitrogen and oxygen atoms in total. The molecular formula is C19H26N2O2S. The minimum absolute atomic E-state index is 0.0519. The lowest BCUT2D eigenvalue weighted by Gasteiger charge is -2.29. The van der Waals surface area contributed by atoms with Gasteiger partial charge in [-0.15, -0.1) is 11.3 Å². The van der Waals surface area contributed by atoms with Crippen LogP contribution in [0.25, 0.3) is 0 Å². The summed E-state index contributed by atoms with van der Waals surface area (Å²) in [6.07, 6.45) is 0.953. The summed E-state index contributed by atoms with van der Waals surface area (Å²) in [6.45, 7) is 7.76. The summed E-state index contributed by atoms with van der Waals surface area (Å²) in [5, 5.41) is 11.8. The molecule has 2 aromatic rings. The smallest absolute Gasteiger partial charge is 0.226 e. The van der Waals surface area contributed by atoms with Gasteiger partial charge in [-0.1, -0.05) is 37.3 Å². The average molecular weight is 346 g/mol. The number of aliphatic hydroxyl groups is 1. The number of amides is 1. The molecule has 0 spiro atoms. The first-order chi connectivity index (χ1) is 11.3. The van der Waals surface area contributed by atoms with E-state index < -0.39 is 5.60 Å². The highest BCUT2D eigenvalue weighted by Gasteiger charge is 2.30. The first kappa shape index (κ1) is 18.6. The van der Waals surface area contributed by atoms with Crippen LogP contribution in [0, 0.1) is 6.92 Å². The van der Waals surface area contributed by atoms with Gasteiger partial charge in [0.25, 0.3) is 0 Å². The van der Waals surface area contributed by atoms with Crippen molar-refractivity contribution in [3.05, 3.63) is 51.5 Å². The number of carbonyl (C=O) groups is 1. The molecule has 1 aromatic carbocycles. The lowest BCUT2D eigenvalue weighted by atomic mass is 9.92. The maximum absolute atomic E-state index is 12.7. The molecule has 0 bridgehead atoms. The predicted octanol–water partition coefficient (Wildman–Crippen LogP) is 3.83. The Kier molecular flexibility index (Phi) is 5.78. The highest BCUT2D eigenvalue weighted by Crippen LogP contribution is 2.31. The summed E-state index contributed by atoms with van der Waals surface area (Å²) in [5.74, 6) is -0.0813. The van der Waals surface area contributed by atoms with Crippen LogP contribution in [0.3, 0.4) is 0 Å². The fourth-order valence-electron chi connectivity index (χ4n) is 2.71. The van der Waals surface area contributed by atoms with E-state index in [0.29, 0.717) is 0 Å². The van der Waals surface area contributed by atoms with Crippen LogP contribution < -0.4 is 0 Å². The Morgan fingerprint density at radius 3 is 2.54 bits per heavy atom. The second-order valence-electron chi connectivity index (χ2n) is 6.41. The van der Waals surface area contributed by atoms with Gasteiger partial charge in [0.1, 0.15) is 0 Å². The van der Waals surface area contributed by atoms with Crippen LogP contribution in [0.2, 0.25) is 0 Å². The summed E-state index contributed by atoms with van der Waals surface area (Å²) in [7, 11) is 1.79. The fourth-order valence-corrected chi connectivity index (χ4v) is 3.82. The van der Waals surface area contributed by atoms with Crippen molar-refractivity contribution in [1.82, 2.24) is 9.88 Å². The van der Waals surface area contributed by atoms with Crippen molar-refractivity contribution in [2.75, 3.05) is 7.05 Å². The van der Waals surface area contributed by atoms with Gasteiger partial charge in [-0.3, -0.25) is 4.79 Å². The number of hydrogen-bond acceptors (Lipinski definition) is 4. The van der Waals surface area contributed by atoms with Gasteiger partial charge in [-0.25, -0.2) is 4.98 Å². The SMILES string of the molecule is CCc1nc(C)c(C(C)N(C)C(=O)CC(C)(O)c2ccccc2)s1. The molecule has 0 aliphatic rings. The minimum Gasteiger partial charge on any atom is -0.385 e. The standard InChI is InChI=1S/C19H26N2O2S/c1-6-16-20-13(2)18(24-16)14(3)21(5)17(22)12-19(4,23)15-10-8-7-9-11-15/h7-11,14,23H,6,12H2,1-5H3. The lowest BCUT2D eigenvalue weighted by molar-refractivity contribution is -0.136. The largest absolute Gasteiger partial charge is 0.385 e. The predicted molar refractivity (Wildman–Crippen MR) is 98.0 cm³/mol. The van der Waals surface area contributed by atoms with E-state index in [9.17, 15) is 9.90 Å². The molecule has 0 saturated carbocycles. The quantitative estimate of drug-likeness (QED) is 0.865. The molecule has 0 aliphatic carbocycles. The summed E-state index contributed by atoms with van der Waals surface area (Å²) in [4.78, 5) is 20.0. The Hall–Kier alpha value is -1.72. The summed E-state index contributed by atoms with van der Waals surface area (Å²) >= 11 is 1.66. The molecule has 130 valence electrons. The van der Waals surface area contributed by atoms with Gasteiger partial charge in [0, 0.05) is 11.9 Å². The van der Waals surface area contributed by atoms with Crippen molar-refractivity contribution in [3.63, 3.8) is 0 Å². The second kappa shape index (κ2) is 7.45.